The number of hydrogen-bond donors (Lipinski definition) is 1. The first-order chi connectivity index (χ1) is 13.4. The van der Waals surface area contributed by atoms with E-state index in [1.165, 1.54) is 29.6 Å². The van der Waals surface area contributed by atoms with Crippen molar-refractivity contribution < 1.29 is 26.5 Å². The minimum atomic E-state index is -4.35. The number of ketones is 1. The summed E-state index contributed by atoms with van der Waals surface area (Å²) < 4.78 is 48.8. The summed E-state index contributed by atoms with van der Waals surface area (Å²) in [5.74, 6) is -2.71. The van der Waals surface area contributed by atoms with Gasteiger partial charge in [0.25, 0.3) is 0 Å². The molecule has 6 nitrogen and oxygen atoms in total. The summed E-state index contributed by atoms with van der Waals surface area (Å²) in [5.41, 5.74) is 4.53. The molecular weight excluding hydrogens is 417 g/mol. The molecule has 1 atom stereocenters. The Balaban J connectivity index is 1.96. The summed E-state index contributed by atoms with van der Waals surface area (Å²) in [4.78, 5) is 13.0. The highest BCUT2D eigenvalue weighted by Crippen LogP contribution is 2.38. The molecule has 2 aromatic carbocycles. The number of carbonyl (C=O) groups is 1. The number of carbonyl (C=O) groups excluding carboxylic acids is 1. The van der Waals surface area contributed by atoms with Crippen LogP contribution in [-0.4, -0.2) is 37.7 Å². The number of benzene rings is 2. The first-order valence-electron chi connectivity index (χ1n) is 8.58. The average molecular weight is 433 g/mol. The third-order valence-corrected chi connectivity index (χ3v) is 6.97. The van der Waals surface area contributed by atoms with Crippen LogP contribution in [0.5, 0.6) is 0 Å². The maximum atomic E-state index is 13.8. The molecule has 0 fully saturated rings. The average Bonchev–Trinajstić information content (AvgIpc) is 2.85. The minimum Gasteiger partial charge on any atom is -0.467 e. The van der Waals surface area contributed by atoms with E-state index in [9.17, 15) is 17.6 Å². The summed E-state index contributed by atoms with van der Waals surface area (Å²) >= 11 is 5.87. The highest BCUT2D eigenvalue weighted by molar-refractivity contribution is 7.90. The lowest BCUT2D eigenvalue weighted by Gasteiger charge is -2.26. The van der Waals surface area contributed by atoms with Gasteiger partial charge in [0.15, 0.2) is 13.3 Å². The molecule has 29 heavy (non-hydrogen) atoms. The number of Topliss-reactive ketones (excluding diaryl/α,β-unsaturated/α-hetero) is 1. The normalized spacial score (nSPS) is 19.9. The van der Waals surface area contributed by atoms with Crippen molar-refractivity contribution >= 4 is 51.0 Å². The van der Waals surface area contributed by atoms with Crippen molar-refractivity contribution in [3.8, 4) is 0 Å². The van der Waals surface area contributed by atoms with Crippen LogP contribution in [0.2, 0.25) is 5.02 Å². The molecule has 3 rings (SSSR count). The number of rotatable bonds is 5. The van der Waals surface area contributed by atoms with Crippen molar-refractivity contribution in [3.63, 3.8) is 0 Å². The Morgan fingerprint density at radius 3 is 2.38 bits per heavy atom. The van der Waals surface area contributed by atoms with Crippen molar-refractivity contribution in [1.29, 1.82) is 0 Å². The molecule has 0 unspecified atom stereocenters. The molecule has 0 amide bonds. The summed E-state index contributed by atoms with van der Waals surface area (Å²) in [5, 5.41) is 0.0448. The monoisotopic (exact) mass is 433 g/mol. The molecule has 148 valence electrons. The molecule has 2 N–H and O–H groups in total. The third-order valence-electron chi connectivity index (χ3n) is 4.88. The van der Waals surface area contributed by atoms with Gasteiger partial charge in [-0.3, -0.25) is 4.79 Å². The molecule has 0 spiro atoms. The van der Waals surface area contributed by atoms with Crippen molar-refractivity contribution in [3.05, 3.63) is 82.1 Å². The zero-order chi connectivity index (χ0) is 21.6. The largest absolute Gasteiger partial charge is 0.467 e. The van der Waals surface area contributed by atoms with Crippen LogP contribution in [-0.2, 0) is 33.9 Å². The van der Waals surface area contributed by atoms with Crippen LogP contribution in [0.3, 0.4) is 0 Å². The molecule has 0 radical (unpaired) electrons. The fraction of sp³-hybridized carbons (Fsp3) is 0.118. The van der Waals surface area contributed by atoms with Gasteiger partial charge in [0.05, 0.1) is 4.55 Å². The zero-order valence-electron chi connectivity index (χ0n) is 15.9. The molecule has 1 heterocycles. The Kier molecular flexibility index (Phi) is 5.25. The Morgan fingerprint density at radius 1 is 1.17 bits per heavy atom. The minimum absolute atomic E-state index is 0.0448. The van der Waals surface area contributed by atoms with E-state index >= 15 is 0 Å². The lowest BCUT2D eigenvalue weighted by molar-refractivity contribution is -0.126. The highest BCUT2D eigenvalue weighted by atomic mass is 35.5. The van der Waals surface area contributed by atoms with Crippen molar-refractivity contribution in [2.45, 2.75) is 10.0 Å². The van der Waals surface area contributed by atoms with Crippen LogP contribution in [0.1, 0.15) is 11.1 Å². The Labute approximate surface area is 175 Å². The molecule has 0 bridgehead atoms. The second-order valence-electron chi connectivity index (χ2n) is 7.23. The predicted octanol–water partition coefficient (Wildman–Crippen LogP) is -0.585. The number of halogens is 2. The Bertz CT molecular complexity index is 1110. The molecular formula is C17H16B3ClFNO5S. The van der Waals surface area contributed by atoms with Gasteiger partial charge < -0.3 is 14.7 Å². The molecule has 0 saturated carbocycles. The third kappa shape index (κ3) is 3.64. The second kappa shape index (κ2) is 7.14. The summed E-state index contributed by atoms with van der Waals surface area (Å²) in [6, 6.07) is 11.8. The second-order valence-corrected chi connectivity index (χ2v) is 9.76. The zero-order valence-corrected chi connectivity index (χ0v) is 17.5. The van der Waals surface area contributed by atoms with Crippen molar-refractivity contribution in [2.75, 3.05) is 0 Å². The van der Waals surface area contributed by atoms with E-state index in [4.69, 9.17) is 26.3 Å². The van der Waals surface area contributed by atoms with E-state index in [1.54, 1.807) is 30.3 Å². The van der Waals surface area contributed by atoms with Gasteiger partial charge in [0.2, 0.25) is 17.4 Å². The lowest BCUT2D eigenvalue weighted by atomic mass is 9.65. The lowest BCUT2D eigenvalue weighted by Crippen LogP contribution is -2.40. The first-order valence-corrected chi connectivity index (χ1v) is 10.4. The van der Waals surface area contributed by atoms with Gasteiger partial charge in [-0.1, -0.05) is 41.9 Å². The molecule has 12 heteroatoms. The maximum Gasteiger partial charge on any atom is 0.304 e. The topological polar surface area (TPSA) is 95.7 Å². The van der Waals surface area contributed by atoms with Crippen molar-refractivity contribution in [2.24, 2.45) is 5.73 Å². The number of hydrogen-bond acceptors (Lipinski definition) is 6. The number of nitrogens with two attached hydrogens (primary N) is 1. The molecule has 0 aliphatic carbocycles. The van der Waals surface area contributed by atoms with E-state index in [0.717, 1.165) is 12.1 Å². The van der Waals surface area contributed by atoms with E-state index < -0.39 is 43.4 Å². The van der Waals surface area contributed by atoms with Crippen LogP contribution < -0.4 is 5.73 Å². The van der Waals surface area contributed by atoms with E-state index in [-0.39, 0.29) is 10.6 Å². The first kappa shape index (κ1) is 21.3. The smallest absolute Gasteiger partial charge is 0.304 e. The number of ether oxygens (including phenoxy) is 1. The van der Waals surface area contributed by atoms with Gasteiger partial charge in [-0.2, -0.15) is 8.42 Å². The quantitative estimate of drug-likeness (QED) is 0.501. The summed E-state index contributed by atoms with van der Waals surface area (Å²) in [6.45, 7) is 0. The molecule has 2 aromatic rings. The van der Waals surface area contributed by atoms with Crippen LogP contribution in [0, 0.1) is 5.82 Å². The van der Waals surface area contributed by atoms with Gasteiger partial charge in [0, 0.05) is 5.02 Å². The molecule has 1 aliphatic heterocycles. The van der Waals surface area contributed by atoms with Crippen LogP contribution in [0.25, 0.3) is 0 Å². The summed E-state index contributed by atoms with van der Waals surface area (Å²) in [7, 11) is -0.128. The Hall–Kier alpha value is -2.39. The van der Waals surface area contributed by atoms with E-state index in [0.29, 0.717) is 5.56 Å². The van der Waals surface area contributed by atoms with Gasteiger partial charge in [0.1, 0.15) is 21.5 Å². The van der Waals surface area contributed by atoms with Gasteiger partial charge in [-0.15, -0.1) is 0 Å². The Morgan fingerprint density at radius 2 is 1.79 bits per heavy atom. The highest BCUT2D eigenvalue weighted by Gasteiger charge is 2.51. The predicted molar refractivity (Wildman–Crippen MR) is 114 cm³/mol. The van der Waals surface area contributed by atoms with Gasteiger partial charge in [-0.05, 0) is 29.3 Å². The summed E-state index contributed by atoms with van der Waals surface area (Å²) in [6.07, 6.45) is 0. The molecule has 1 aliphatic rings. The fourth-order valence-electron chi connectivity index (χ4n) is 2.94. The van der Waals surface area contributed by atoms with Crippen LogP contribution in [0.15, 0.2) is 60.2 Å². The van der Waals surface area contributed by atoms with Crippen molar-refractivity contribution in [1.82, 2.24) is 0 Å². The SMILES string of the molecule is BC(B)(c1ccccc1)S(=O)(=O)OC1=C(N)O[C@](B)(c2cc(F)cc(Cl)c2)C1=O. The standard InChI is InChI=1S/C17H16B3ClFNO5S/c18-16(10-6-11(21)8-12(22)7-10)14(24)13(15(23)27-16)28-29(25,26)17(19,20)9-4-2-1-3-5-9/h1-8H,18-20,23H2/t16-/m1/s1. The van der Waals surface area contributed by atoms with E-state index in [1.807, 2.05) is 0 Å². The molecule has 0 aromatic heterocycles. The van der Waals surface area contributed by atoms with Gasteiger partial charge >= 0.3 is 10.1 Å². The van der Waals surface area contributed by atoms with E-state index in [2.05, 4.69) is 0 Å². The molecule has 0 saturated heterocycles. The van der Waals surface area contributed by atoms with Crippen LogP contribution in [0.4, 0.5) is 4.39 Å². The fourth-order valence-corrected chi connectivity index (χ4v) is 4.17. The maximum absolute atomic E-state index is 13.8. The van der Waals surface area contributed by atoms with Gasteiger partial charge in [-0.25, -0.2) is 4.39 Å². The van der Waals surface area contributed by atoms with Crippen LogP contribution >= 0.6 is 11.6 Å².